The van der Waals surface area contributed by atoms with Crippen molar-refractivity contribution in [3.63, 3.8) is 0 Å². The molecule has 1 fully saturated rings. The summed E-state index contributed by atoms with van der Waals surface area (Å²) < 4.78 is 9.93. The monoisotopic (exact) mass is 182 g/mol. The fourth-order valence-corrected chi connectivity index (χ4v) is 1.31. The largest absolute Gasteiger partial charge is 0.448 e. The molecule has 1 amide bonds. The Hall–Kier alpha value is -1.49. The van der Waals surface area contributed by atoms with Crippen LogP contribution in [0.5, 0.6) is 0 Å². The van der Waals surface area contributed by atoms with Crippen LogP contribution >= 0.6 is 0 Å². The van der Waals surface area contributed by atoms with Crippen LogP contribution < -0.4 is 10.6 Å². The van der Waals surface area contributed by atoms with Crippen molar-refractivity contribution in [2.24, 2.45) is 5.73 Å². The summed E-state index contributed by atoms with van der Waals surface area (Å²) >= 11 is 0. The van der Waals surface area contributed by atoms with E-state index in [1.54, 1.807) is 12.1 Å². The molecule has 1 unspecified atom stereocenters. The first-order valence-corrected chi connectivity index (χ1v) is 4.02. The Bertz CT molecular complexity index is 296. The van der Waals surface area contributed by atoms with E-state index in [1.165, 1.54) is 11.2 Å². The molecule has 13 heavy (non-hydrogen) atoms. The summed E-state index contributed by atoms with van der Waals surface area (Å²) in [6.45, 7) is 0.697. The van der Waals surface area contributed by atoms with Gasteiger partial charge in [-0.2, -0.15) is 0 Å². The third-order valence-corrected chi connectivity index (χ3v) is 1.98. The van der Waals surface area contributed by atoms with Crippen molar-refractivity contribution in [3.8, 4) is 0 Å². The molecule has 2 N–H and O–H groups in total. The Balaban J connectivity index is 2.25. The van der Waals surface area contributed by atoms with Gasteiger partial charge < -0.3 is 14.9 Å². The first-order valence-electron chi connectivity index (χ1n) is 4.02. The van der Waals surface area contributed by atoms with Gasteiger partial charge in [0, 0.05) is 12.6 Å². The van der Waals surface area contributed by atoms with Gasteiger partial charge in [0.2, 0.25) is 5.88 Å². The van der Waals surface area contributed by atoms with Crippen molar-refractivity contribution in [2.45, 2.75) is 6.04 Å². The summed E-state index contributed by atoms with van der Waals surface area (Å²) in [6.07, 6.45) is 1.11. The zero-order valence-corrected chi connectivity index (χ0v) is 6.97. The van der Waals surface area contributed by atoms with Crippen LogP contribution in [0.25, 0.3) is 0 Å². The molecule has 1 aliphatic rings. The lowest BCUT2D eigenvalue weighted by Gasteiger charge is -2.15. The van der Waals surface area contributed by atoms with E-state index >= 15 is 0 Å². The third-order valence-electron chi connectivity index (χ3n) is 1.98. The lowest BCUT2D eigenvalue weighted by molar-refractivity contribution is 0.178. The van der Waals surface area contributed by atoms with E-state index in [9.17, 15) is 4.79 Å². The van der Waals surface area contributed by atoms with Crippen molar-refractivity contribution in [3.05, 3.63) is 18.4 Å². The van der Waals surface area contributed by atoms with Crippen LogP contribution in [0.3, 0.4) is 0 Å². The maximum absolute atomic E-state index is 11.2. The Morgan fingerprint density at radius 3 is 3.15 bits per heavy atom. The standard InChI is InChI=1S/C8H10N2O3/c9-4-6-5-13-8(11)10(6)7-2-1-3-12-7/h1-3,6H,4-5,9H2. The molecule has 2 rings (SSSR count). The van der Waals surface area contributed by atoms with Gasteiger partial charge in [0.15, 0.2) is 0 Å². The van der Waals surface area contributed by atoms with E-state index in [1.807, 2.05) is 0 Å². The minimum atomic E-state index is -0.398. The number of anilines is 1. The number of cyclic esters (lactones) is 1. The number of rotatable bonds is 2. The van der Waals surface area contributed by atoms with Crippen LogP contribution in [0.15, 0.2) is 22.8 Å². The van der Waals surface area contributed by atoms with E-state index in [2.05, 4.69) is 0 Å². The fraction of sp³-hybridized carbons (Fsp3) is 0.375. The Labute approximate surface area is 75.1 Å². The smallest absolute Gasteiger partial charge is 0.417 e. The molecule has 0 bridgehead atoms. The van der Waals surface area contributed by atoms with Gasteiger partial charge in [0.05, 0.1) is 12.3 Å². The fourth-order valence-electron chi connectivity index (χ4n) is 1.31. The average molecular weight is 182 g/mol. The average Bonchev–Trinajstić information content (AvgIpc) is 2.72. The first kappa shape index (κ1) is 8.12. The number of furan rings is 1. The predicted octanol–water partition coefficient (Wildman–Crippen LogP) is 0.563. The van der Waals surface area contributed by atoms with E-state index in [0.717, 1.165) is 0 Å². The van der Waals surface area contributed by atoms with Gasteiger partial charge in [-0.15, -0.1) is 0 Å². The highest BCUT2D eigenvalue weighted by molar-refractivity contribution is 5.88. The summed E-state index contributed by atoms with van der Waals surface area (Å²) in [7, 11) is 0. The summed E-state index contributed by atoms with van der Waals surface area (Å²) in [5.74, 6) is 0.484. The predicted molar refractivity (Wildman–Crippen MR) is 45.4 cm³/mol. The molecule has 0 saturated carbocycles. The number of nitrogens with zero attached hydrogens (tertiary/aromatic N) is 1. The van der Waals surface area contributed by atoms with Crippen molar-refractivity contribution >= 4 is 12.0 Å². The Morgan fingerprint density at radius 1 is 1.69 bits per heavy atom. The van der Waals surface area contributed by atoms with Crippen molar-refractivity contribution < 1.29 is 13.9 Å². The van der Waals surface area contributed by atoms with Crippen LogP contribution in [0.2, 0.25) is 0 Å². The molecular formula is C8H10N2O3. The quantitative estimate of drug-likeness (QED) is 0.725. The van der Waals surface area contributed by atoms with Gasteiger partial charge in [0.25, 0.3) is 0 Å². The maximum Gasteiger partial charge on any atom is 0.417 e. The minimum absolute atomic E-state index is 0.112. The molecule has 0 spiro atoms. The van der Waals surface area contributed by atoms with E-state index in [0.29, 0.717) is 19.0 Å². The molecule has 1 aliphatic heterocycles. The highest BCUT2D eigenvalue weighted by Gasteiger charge is 2.34. The molecule has 5 nitrogen and oxygen atoms in total. The van der Waals surface area contributed by atoms with E-state index in [-0.39, 0.29) is 6.04 Å². The topological polar surface area (TPSA) is 68.7 Å². The van der Waals surface area contributed by atoms with Gasteiger partial charge in [-0.05, 0) is 6.07 Å². The maximum atomic E-state index is 11.2. The summed E-state index contributed by atoms with van der Waals surface area (Å²) in [5.41, 5.74) is 5.48. The molecule has 1 aromatic heterocycles. The number of nitrogens with two attached hydrogens (primary N) is 1. The molecule has 0 aromatic carbocycles. The number of carbonyl (C=O) groups is 1. The van der Waals surface area contributed by atoms with Crippen LogP contribution in [0, 0.1) is 0 Å². The van der Waals surface area contributed by atoms with Crippen molar-refractivity contribution in [1.29, 1.82) is 0 Å². The molecule has 1 saturated heterocycles. The van der Waals surface area contributed by atoms with Crippen LogP contribution in [-0.2, 0) is 4.74 Å². The molecule has 5 heteroatoms. The van der Waals surface area contributed by atoms with Gasteiger partial charge in [-0.25, -0.2) is 9.69 Å². The molecule has 0 radical (unpaired) electrons. The minimum Gasteiger partial charge on any atom is -0.448 e. The molecule has 70 valence electrons. The highest BCUT2D eigenvalue weighted by Crippen LogP contribution is 2.22. The Morgan fingerprint density at radius 2 is 2.54 bits per heavy atom. The second-order valence-corrected chi connectivity index (χ2v) is 2.79. The number of ether oxygens (including phenoxy) is 1. The van der Waals surface area contributed by atoms with Crippen LogP contribution in [-0.4, -0.2) is 25.3 Å². The van der Waals surface area contributed by atoms with Gasteiger partial charge in [-0.3, -0.25) is 0 Å². The SMILES string of the molecule is NCC1COC(=O)N1c1ccco1. The second kappa shape index (κ2) is 3.10. The van der Waals surface area contributed by atoms with Gasteiger partial charge in [0.1, 0.15) is 6.61 Å². The second-order valence-electron chi connectivity index (χ2n) is 2.79. The highest BCUT2D eigenvalue weighted by atomic mass is 16.6. The lowest BCUT2D eigenvalue weighted by Crippen LogP contribution is -2.38. The van der Waals surface area contributed by atoms with Crippen LogP contribution in [0.1, 0.15) is 0 Å². The summed E-state index contributed by atoms with van der Waals surface area (Å²) in [5, 5.41) is 0. The molecule has 1 aromatic rings. The summed E-state index contributed by atoms with van der Waals surface area (Å²) in [6, 6.07) is 3.31. The summed E-state index contributed by atoms with van der Waals surface area (Å²) in [4.78, 5) is 12.7. The molecule has 1 atom stereocenters. The van der Waals surface area contributed by atoms with Crippen LogP contribution in [0.4, 0.5) is 10.7 Å². The van der Waals surface area contributed by atoms with Crippen molar-refractivity contribution in [2.75, 3.05) is 18.1 Å². The van der Waals surface area contributed by atoms with E-state index < -0.39 is 6.09 Å². The molecule has 0 aliphatic carbocycles. The molecular weight excluding hydrogens is 172 g/mol. The van der Waals surface area contributed by atoms with Crippen molar-refractivity contribution in [1.82, 2.24) is 0 Å². The lowest BCUT2D eigenvalue weighted by atomic mass is 10.3. The van der Waals surface area contributed by atoms with Gasteiger partial charge in [-0.1, -0.05) is 0 Å². The zero-order valence-electron chi connectivity index (χ0n) is 6.97. The first-order chi connectivity index (χ1) is 6.33. The number of hydrogen-bond donors (Lipinski definition) is 1. The number of carbonyl (C=O) groups excluding carboxylic acids is 1. The Kier molecular flexibility index (Phi) is 1.94. The third kappa shape index (κ3) is 1.27. The number of amides is 1. The van der Waals surface area contributed by atoms with Gasteiger partial charge >= 0.3 is 6.09 Å². The zero-order chi connectivity index (χ0) is 9.26. The normalized spacial score (nSPS) is 22.1. The van der Waals surface area contributed by atoms with E-state index in [4.69, 9.17) is 14.9 Å². The molecule has 2 heterocycles. The number of hydrogen-bond acceptors (Lipinski definition) is 4.